The maximum atomic E-state index is 13.1. The first kappa shape index (κ1) is 22.5. The molecule has 1 N–H and O–H groups in total. The molecule has 1 aromatic heterocycles. The lowest BCUT2D eigenvalue weighted by Gasteiger charge is -2.28. The van der Waals surface area contributed by atoms with Crippen LogP contribution in [0.1, 0.15) is 26.5 Å². The standard InChI is InChI=1S/C24H31N5O2/c1-6-28(15-14-25-19(4)30)21-12-13-22(17(2)16-21)26-23-18(3)27(5)29(24(23)31)20-10-8-7-9-11-20/h7-13,16,21H,6,14-15H2,1-5H3,(H,25,30). The predicted octanol–water partition coefficient (Wildman–Crippen LogP) is 2.90. The summed E-state index contributed by atoms with van der Waals surface area (Å²) in [5.74, 6) is -0.0178. The summed E-state index contributed by atoms with van der Waals surface area (Å²) in [5, 5.41) is 2.85. The first-order chi connectivity index (χ1) is 14.8. The van der Waals surface area contributed by atoms with E-state index in [1.54, 1.807) is 4.68 Å². The molecule has 0 spiro atoms. The van der Waals surface area contributed by atoms with Crippen molar-refractivity contribution >= 4 is 17.3 Å². The molecule has 0 saturated carbocycles. The third-order valence-electron chi connectivity index (χ3n) is 5.63. The van der Waals surface area contributed by atoms with Crippen LogP contribution in [0.15, 0.2) is 63.9 Å². The number of para-hydroxylation sites is 1. The second-order valence-corrected chi connectivity index (χ2v) is 7.72. The van der Waals surface area contributed by atoms with Crippen molar-refractivity contribution < 1.29 is 4.79 Å². The van der Waals surface area contributed by atoms with Crippen molar-refractivity contribution in [3.05, 3.63) is 70.2 Å². The summed E-state index contributed by atoms with van der Waals surface area (Å²) in [4.78, 5) is 31.3. The number of nitrogens with one attached hydrogen (secondary N) is 1. The Hall–Kier alpha value is -3.19. The molecule has 164 valence electrons. The summed E-state index contributed by atoms with van der Waals surface area (Å²) in [7, 11) is 1.87. The fourth-order valence-corrected chi connectivity index (χ4v) is 3.77. The zero-order valence-corrected chi connectivity index (χ0v) is 18.9. The molecule has 1 aliphatic rings. The number of carbonyl (C=O) groups excluding carboxylic acids is 1. The monoisotopic (exact) mass is 421 g/mol. The van der Waals surface area contributed by atoms with E-state index in [-0.39, 0.29) is 17.5 Å². The number of aliphatic imine (C=N–C) groups is 1. The quantitative estimate of drug-likeness (QED) is 0.747. The minimum atomic E-state index is -0.132. The number of allylic oxidation sites excluding steroid dienone is 2. The second-order valence-electron chi connectivity index (χ2n) is 7.72. The molecule has 0 fully saturated rings. The Morgan fingerprint density at radius 3 is 2.55 bits per heavy atom. The van der Waals surface area contributed by atoms with Gasteiger partial charge in [-0.1, -0.05) is 37.3 Å². The molecule has 1 amide bonds. The van der Waals surface area contributed by atoms with Crippen molar-refractivity contribution in [2.24, 2.45) is 12.0 Å². The number of aromatic nitrogens is 2. The summed E-state index contributed by atoms with van der Waals surface area (Å²) < 4.78 is 3.48. The molecule has 0 bridgehead atoms. The van der Waals surface area contributed by atoms with Gasteiger partial charge in [0.1, 0.15) is 0 Å². The van der Waals surface area contributed by atoms with Gasteiger partial charge in [-0.05, 0) is 44.2 Å². The maximum Gasteiger partial charge on any atom is 0.297 e. The minimum absolute atomic E-state index is 0.0178. The molecular weight excluding hydrogens is 390 g/mol. The highest BCUT2D eigenvalue weighted by atomic mass is 16.1. The van der Waals surface area contributed by atoms with Gasteiger partial charge in [0.2, 0.25) is 5.91 Å². The van der Waals surface area contributed by atoms with Crippen molar-refractivity contribution in [2.45, 2.75) is 33.7 Å². The van der Waals surface area contributed by atoms with Gasteiger partial charge in [0.25, 0.3) is 5.56 Å². The Balaban J connectivity index is 1.86. The maximum absolute atomic E-state index is 13.1. The molecule has 1 aromatic carbocycles. The Morgan fingerprint density at radius 2 is 1.94 bits per heavy atom. The Labute approximate surface area is 183 Å². The van der Waals surface area contributed by atoms with Crippen molar-refractivity contribution in [2.75, 3.05) is 19.6 Å². The van der Waals surface area contributed by atoms with Crippen LogP contribution in [0, 0.1) is 6.92 Å². The van der Waals surface area contributed by atoms with Crippen molar-refractivity contribution in [1.29, 1.82) is 0 Å². The fourth-order valence-electron chi connectivity index (χ4n) is 3.77. The highest BCUT2D eigenvalue weighted by Gasteiger charge is 2.20. The highest BCUT2D eigenvalue weighted by molar-refractivity contribution is 6.10. The summed E-state index contributed by atoms with van der Waals surface area (Å²) >= 11 is 0. The van der Waals surface area contributed by atoms with Gasteiger partial charge in [-0.15, -0.1) is 0 Å². The molecule has 0 saturated heterocycles. The number of rotatable bonds is 7. The van der Waals surface area contributed by atoms with E-state index in [2.05, 4.69) is 29.3 Å². The lowest BCUT2D eigenvalue weighted by atomic mass is 10.0. The average molecular weight is 422 g/mol. The number of carbonyl (C=O) groups is 1. The van der Waals surface area contributed by atoms with E-state index in [9.17, 15) is 9.59 Å². The second kappa shape index (κ2) is 9.75. The third-order valence-corrected chi connectivity index (χ3v) is 5.63. The zero-order valence-electron chi connectivity index (χ0n) is 18.9. The van der Waals surface area contributed by atoms with E-state index in [4.69, 9.17) is 4.99 Å². The van der Waals surface area contributed by atoms with E-state index < -0.39 is 0 Å². The number of likely N-dealkylation sites (N-methyl/N-ethyl adjacent to an activating group) is 1. The number of amides is 1. The van der Waals surface area contributed by atoms with Crippen LogP contribution in [0.2, 0.25) is 0 Å². The van der Waals surface area contributed by atoms with Gasteiger partial charge in [-0.2, -0.15) is 0 Å². The van der Waals surface area contributed by atoms with Crippen molar-refractivity contribution in [3.8, 4) is 5.69 Å². The van der Waals surface area contributed by atoms with Gasteiger partial charge < -0.3 is 5.32 Å². The molecule has 7 heteroatoms. The van der Waals surface area contributed by atoms with Gasteiger partial charge >= 0.3 is 0 Å². The SMILES string of the molecule is CCN(CCNC(C)=O)C1C=CC(=Nc2c(C)n(C)n(-c3ccccc3)c2=O)C(C)=C1. The molecule has 1 atom stereocenters. The number of benzene rings is 1. The molecule has 31 heavy (non-hydrogen) atoms. The van der Waals surface area contributed by atoms with E-state index in [1.165, 1.54) is 6.92 Å². The first-order valence-corrected chi connectivity index (χ1v) is 10.6. The van der Waals surface area contributed by atoms with Gasteiger partial charge in [-0.25, -0.2) is 9.67 Å². The molecule has 7 nitrogen and oxygen atoms in total. The normalized spacial score (nSPS) is 17.3. The van der Waals surface area contributed by atoms with Crippen LogP contribution in [0.25, 0.3) is 5.69 Å². The van der Waals surface area contributed by atoms with E-state index in [0.29, 0.717) is 12.2 Å². The van der Waals surface area contributed by atoms with Crippen LogP contribution in [0.3, 0.4) is 0 Å². The van der Waals surface area contributed by atoms with Gasteiger partial charge in [0.15, 0.2) is 5.69 Å². The summed E-state index contributed by atoms with van der Waals surface area (Å²) in [6, 6.07) is 9.72. The largest absolute Gasteiger partial charge is 0.355 e. The smallest absolute Gasteiger partial charge is 0.297 e. The van der Waals surface area contributed by atoms with Crippen LogP contribution in [-0.2, 0) is 11.8 Å². The van der Waals surface area contributed by atoms with E-state index in [0.717, 1.165) is 35.8 Å². The van der Waals surface area contributed by atoms with E-state index in [1.807, 2.05) is 62.0 Å². The highest BCUT2D eigenvalue weighted by Crippen LogP contribution is 2.21. The summed E-state index contributed by atoms with van der Waals surface area (Å²) in [6.07, 6.45) is 6.24. The number of hydrogen-bond donors (Lipinski definition) is 1. The molecule has 1 heterocycles. The van der Waals surface area contributed by atoms with Crippen LogP contribution in [-0.4, -0.2) is 51.6 Å². The molecule has 1 unspecified atom stereocenters. The van der Waals surface area contributed by atoms with Gasteiger partial charge in [0.05, 0.1) is 17.1 Å². The molecule has 0 aliphatic heterocycles. The summed E-state index contributed by atoms with van der Waals surface area (Å²) in [6.45, 7) is 9.81. The van der Waals surface area contributed by atoms with Crippen LogP contribution >= 0.6 is 0 Å². The molecule has 0 radical (unpaired) electrons. The first-order valence-electron chi connectivity index (χ1n) is 10.6. The fraction of sp³-hybridized carbons (Fsp3) is 0.375. The number of hydrogen-bond acceptors (Lipinski definition) is 4. The molecule has 1 aliphatic carbocycles. The van der Waals surface area contributed by atoms with Crippen LogP contribution in [0.4, 0.5) is 5.69 Å². The Bertz CT molecular complexity index is 1090. The lowest BCUT2D eigenvalue weighted by molar-refractivity contribution is -0.119. The Kier molecular flexibility index (Phi) is 7.07. The van der Waals surface area contributed by atoms with Crippen molar-refractivity contribution in [1.82, 2.24) is 19.6 Å². The molecule has 3 rings (SSSR count). The zero-order chi connectivity index (χ0) is 22.5. The predicted molar refractivity (Wildman–Crippen MR) is 125 cm³/mol. The molecule has 2 aromatic rings. The van der Waals surface area contributed by atoms with Crippen LogP contribution < -0.4 is 10.9 Å². The van der Waals surface area contributed by atoms with Crippen LogP contribution in [0.5, 0.6) is 0 Å². The Morgan fingerprint density at radius 1 is 1.23 bits per heavy atom. The minimum Gasteiger partial charge on any atom is -0.355 e. The lowest BCUT2D eigenvalue weighted by Crippen LogP contribution is -2.40. The summed E-state index contributed by atoms with van der Waals surface area (Å²) in [5.41, 5.74) is 3.77. The topological polar surface area (TPSA) is 71.6 Å². The van der Waals surface area contributed by atoms with Gasteiger partial charge in [0, 0.05) is 33.1 Å². The average Bonchev–Trinajstić information content (AvgIpc) is 2.96. The van der Waals surface area contributed by atoms with Crippen molar-refractivity contribution in [3.63, 3.8) is 0 Å². The van der Waals surface area contributed by atoms with E-state index >= 15 is 0 Å². The number of nitrogens with zero attached hydrogens (tertiary/aromatic N) is 4. The third kappa shape index (κ3) is 4.94. The van der Waals surface area contributed by atoms with Gasteiger partial charge in [-0.3, -0.25) is 19.2 Å². The molecular formula is C24H31N5O2.